The minimum atomic E-state index is -0.270. The molecule has 5 unspecified atom stereocenters. The molecule has 1 aromatic carbocycles. The van der Waals surface area contributed by atoms with Gasteiger partial charge in [-0.3, -0.25) is 0 Å². The molecule has 0 amide bonds. The van der Waals surface area contributed by atoms with Crippen LogP contribution in [0.3, 0.4) is 0 Å². The summed E-state index contributed by atoms with van der Waals surface area (Å²) in [7, 11) is 0. The lowest BCUT2D eigenvalue weighted by Crippen LogP contribution is -2.30. The third-order valence-electron chi connectivity index (χ3n) is 7.19. The van der Waals surface area contributed by atoms with Crippen LogP contribution in [0, 0.1) is 35.3 Å². The molecule has 5 atom stereocenters. The van der Waals surface area contributed by atoms with Crippen LogP contribution in [0.15, 0.2) is 6.07 Å². The fraction of sp³-hybridized carbons (Fsp3) is 0.727. The second kappa shape index (κ2) is 6.42. The number of hydrogen-bond donors (Lipinski definition) is 0. The van der Waals surface area contributed by atoms with Crippen molar-refractivity contribution in [1.82, 2.24) is 0 Å². The Kier molecular flexibility index (Phi) is 4.43. The summed E-state index contributed by atoms with van der Waals surface area (Å²) in [4.78, 5) is 0. The molecule has 0 nitrogen and oxygen atoms in total. The van der Waals surface area contributed by atoms with Gasteiger partial charge in [0.1, 0.15) is 11.6 Å². The zero-order valence-electron chi connectivity index (χ0n) is 15.1. The summed E-state index contributed by atoms with van der Waals surface area (Å²) in [6, 6.07) is 1.67. The van der Waals surface area contributed by atoms with Crippen molar-refractivity contribution in [2.24, 2.45) is 23.7 Å². The van der Waals surface area contributed by atoms with Crippen LogP contribution in [0.5, 0.6) is 0 Å². The quantitative estimate of drug-likeness (QED) is 0.557. The maximum Gasteiger partial charge on any atom is 0.133 e. The minimum absolute atomic E-state index is 0.101. The first kappa shape index (κ1) is 16.5. The lowest BCUT2D eigenvalue weighted by molar-refractivity contribution is 0.122. The van der Waals surface area contributed by atoms with E-state index >= 15 is 4.39 Å². The van der Waals surface area contributed by atoms with Gasteiger partial charge >= 0.3 is 0 Å². The smallest absolute Gasteiger partial charge is 0.133 e. The molecule has 0 radical (unpaired) electrons. The van der Waals surface area contributed by atoms with Crippen LogP contribution < -0.4 is 0 Å². The summed E-state index contributed by atoms with van der Waals surface area (Å²) in [5, 5.41) is 0. The van der Waals surface area contributed by atoms with Crippen molar-refractivity contribution in [3.8, 4) is 0 Å². The van der Waals surface area contributed by atoms with E-state index in [-0.39, 0.29) is 17.6 Å². The molecule has 3 aliphatic carbocycles. The van der Waals surface area contributed by atoms with Gasteiger partial charge in [0.05, 0.1) is 0 Å². The van der Waals surface area contributed by atoms with Gasteiger partial charge in [0.2, 0.25) is 0 Å². The number of halogens is 2. The predicted octanol–water partition coefficient (Wildman–Crippen LogP) is 6.41. The van der Waals surface area contributed by atoms with Gasteiger partial charge in [-0.15, -0.1) is 0 Å². The Labute approximate surface area is 145 Å². The molecule has 2 saturated carbocycles. The van der Waals surface area contributed by atoms with E-state index in [1.807, 2.05) is 0 Å². The SMILES string of the molecule is CC1CCc2c(cc(F)c(C3CCC4CC(C)CCC4C3)c2F)C1. The lowest BCUT2D eigenvalue weighted by Gasteiger charge is -2.42. The molecular formula is C22H30F2. The zero-order chi connectivity index (χ0) is 16.8. The van der Waals surface area contributed by atoms with E-state index in [2.05, 4.69) is 13.8 Å². The number of benzene rings is 1. The molecule has 24 heavy (non-hydrogen) atoms. The molecule has 4 rings (SSSR count). The number of rotatable bonds is 1. The molecule has 3 aliphatic rings. The van der Waals surface area contributed by atoms with Crippen LogP contribution in [-0.4, -0.2) is 0 Å². The normalized spacial score (nSPS) is 36.1. The van der Waals surface area contributed by atoms with E-state index in [0.717, 1.165) is 61.5 Å². The topological polar surface area (TPSA) is 0 Å². The second-order valence-corrected chi connectivity index (χ2v) is 9.02. The summed E-state index contributed by atoms with van der Waals surface area (Å²) >= 11 is 0. The molecule has 0 bridgehead atoms. The Morgan fingerprint density at radius 3 is 2.46 bits per heavy atom. The van der Waals surface area contributed by atoms with Crippen LogP contribution in [-0.2, 0) is 12.8 Å². The van der Waals surface area contributed by atoms with E-state index in [1.165, 1.54) is 19.3 Å². The first-order valence-electron chi connectivity index (χ1n) is 10.0. The highest BCUT2D eigenvalue weighted by molar-refractivity contribution is 5.39. The Balaban J connectivity index is 1.61. The summed E-state index contributed by atoms with van der Waals surface area (Å²) in [5.41, 5.74) is 2.18. The fourth-order valence-electron chi connectivity index (χ4n) is 5.81. The van der Waals surface area contributed by atoms with Crippen molar-refractivity contribution >= 4 is 0 Å². The molecule has 132 valence electrons. The van der Waals surface area contributed by atoms with E-state index in [4.69, 9.17) is 0 Å². The second-order valence-electron chi connectivity index (χ2n) is 9.02. The molecule has 0 heterocycles. The summed E-state index contributed by atoms with van der Waals surface area (Å²) in [5.74, 6) is 2.51. The van der Waals surface area contributed by atoms with Crippen LogP contribution in [0.2, 0.25) is 0 Å². The summed E-state index contributed by atoms with van der Waals surface area (Å²) in [6.07, 6.45) is 9.65. The molecule has 0 saturated heterocycles. The highest BCUT2D eigenvalue weighted by Gasteiger charge is 2.37. The molecule has 1 aromatic rings. The lowest BCUT2D eigenvalue weighted by atomic mass is 9.64. The van der Waals surface area contributed by atoms with Crippen molar-refractivity contribution in [2.45, 2.75) is 77.6 Å². The van der Waals surface area contributed by atoms with Crippen molar-refractivity contribution in [3.63, 3.8) is 0 Å². The average molecular weight is 332 g/mol. The average Bonchev–Trinajstić information content (AvgIpc) is 2.54. The standard InChI is InChI=1S/C22H30F2/c1-13-3-5-16-11-17(7-6-15(16)9-13)21-20(23)12-18-10-14(2)4-8-19(18)22(21)24/h12-17H,3-11H2,1-2H3. The van der Waals surface area contributed by atoms with E-state index in [0.29, 0.717) is 17.4 Å². The maximum absolute atomic E-state index is 15.2. The molecule has 0 spiro atoms. The summed E-state index contributed by atoms with van der Waals surface area (Å²) in [6.45, 7) is 4.53. The molecule has 0 aromatic heterocycles. The van der Waals surface area contributed by atoms with Crippen LogP contribution in [0.4, 0.5) is 8.78 Å². The van der Waals surface area contributed by atoms with Gasteiger partial charge in [0.25, 0.3) is 0 Å². The number of fused-ring (bicyclic) bond motifs is 2. The van der Waals surface area contributed by atoms with Crippen LogP contribution in [0.25, 0.3) is 0 Å². The van der Waals surface area contributed by atoms with Crippen molar-refractivity contribution in [3.05, 3.63) is 34.4 Å². The van der Waals surface area contributed by atoms with Gasteiger partial charge in [-0.05, 0) is 98.1 Å². The molecule has 2 heteroatoms. The van der Waals surface area contributed by atoms with Crippen molar-refractivity contribution in [2.75, 3.05) is 0 Å². The summed E-state index contributed by atoms with van der Waals surface area (Å²) < 4.78 is 30.0. The third-order valence-corrected chi connectivity index (χ3v) is 7.19. The van der Waals surface area contributed by atoms with E-state index in [1.54, 1.807) is 6.07 Å². The van der Waals surface area contributed by atoms with Gasteiger partial charge in [0.15, 0.2) is 0 Å². The number of hydrogen-bond acceptors (Lipinski definition) is 0. The van der Waals surface area contributed by atoms with Gasteiger partial charge in [-0.1, -0.05) is 20.3 Å². The monoisotopic (exact) mass is 332 g/mol. The van der Waals surface area contributed by atoms with Crippen molar-refractivity contribution < 1.29 is 8.78 Å². The Hall–Kier alpha value is -0.920. The third kappa shape index (κ3) is 2.91. The maximum atomic E-state index is 15.2. The molecule has 2 fully saturated rings. The van der Waals surface area contributed by atoms with E-state index < -0.39 is 0 Å². The molecular weight excluding hydrogens is 302 g/mol. The minimum Gasteiger partial charge on any atom is -0.207 e. The van der Waals surface area contributed by atoms with Gasteiger partial charge in [-0.2, -0.15) is 0 Å². The Morgan fingerprint density at radius 1 is 0.875 bits per heavy atom. The van der Waals surface area contributed by atoms with Crippen LogP contribution in [0.1, 0.15) is 81.4 Å². The highest BCUT2D eigenvalue weighted by Crippen LogP contribution is 2.49. The Bertz CT molecular complexity index is 621. The first-order valence-corrected chi connectivity index (χ1v) is 10.0. The van der Waals surface area contributed by atoms with Crippen molar-refractivity contribution in [1.29, 1.82) is 0 Å². The predicted molar refractivity (Wildman–Crippen MR) is 94.1 cm³/mol. The highest BCUT2D eigenvalue weighted by atomic mass is 19.1. The van der Waals surface area contributed by atoms with Crippen LogP contribution >= 0.6 is 0 Å². The van der Waals surface area contributed by atoms with E-state index in [9.17, 15) is 4.39 Å². The molecule has 0 N–H and O–H groups in total. The molecule has 0 aliphatic heterocycles. The first-order chi connectivity index (χ1) is 11.5. The fourth-order valence-corrected chi connectivity index (χ4v) is 5.81. The van der Waals surface area contributed by atoms with Gasteiger partial charge in [0, 0.05) is 5.56 Å². The van der Waals surface area contributed by atoms with Gasteiger partial charge in [-0.25, -0.2) is 8.78 Å². The Morgan fingerprint density at radius 2 is 1.62 bits per heavy atom. The largest absolute Gasteiger partial charge is 0.207 e. The van der Waals surface area contributed by atoms with Gasteiger partial charge < -0.3 is 0 Å². The zero-order valence-corrected chi connectivity index (χ0v) is 15.1.